The first-order valence-electron chi connectivity index (χ1n) is 13.4. The molecule has 4 aromatic carbocycles. The maximum atomic E-state index is 10.9. The predicted molar refractivity (Wildman–Crippen MR) is 158 cm³/mol. The average molecular weight is 559 g/mol. The van der Waals surface area contributed by atoms with Crippen molar-refractivity contribution in [3.8, 4) is 51.1 Å². The molecule has 0 saturated heterocycles. The number of rotatable bonds is 10. The summed E-state index contributed by atoms with van der Waals surface area (Å²) in [5.41, 5.74) is 5.98. The fourth-order valence-corrected chi connectivity index (χ4v) is 4.54. The number of ether oxygens (including phenoxy) is 2. The third kappa shape index (κ3) is 5.59. The van der Waals surface area contributed by atoms with Crippen molar-refractivity contribution in [2.75, 3.05) is 6.61 Å². The van der Waals surface area contributed by atoms with E-state index in [1.54, 1.807) is 23.0 Å². The van der Waals surface area contributed by atoms with E-state index in [9.17, 15) is 10.1 Å². The van der Waals surface area contributed by atoms with Gasteiger partial charge in [0.05, 0.1) is 34.8 Å². The molecular weight excluding hydrogens is 532 g/mol. The lowest BCUT2D eigenvalue weighted by atomic mass is 10.1. The smallest absolute Gasteiger partial charge is 0.269 e. The van der Waals surface area contributed by atoms with Crippen molar-refractivity contribution in [2.45, 2.75) is 13.5 Å². The summed E-state index contributed by atoms with van der Waals surface area (Å²) in [6.45, 7) is 2.53. The molecular formula is C32H26N6O4. The maximum absolute atomic E-state index is 10.9. The quantitative estimate of drug-likeness (QED) is 0.144. The molecule has 0 unspecified atom stereocenters. The molecule has 0 radical (unpaired) electrons. The van der Waals surface area contributed by atoms with Gasteiger partial charge in [0.25, 0.3) is 5.69 Å². The highest BCUT2D eigenvalue weighted by Gasteiger charge is 2.17. The molecule has 42 heavy (non-hydrogen) atoms. The number of nitro groups is 1. The standard InChI is InChI=1S/C32H26N6O4/c1-2-41-29-19-24(32-33-30(22-9-5-3-6-10-22)31(34-32)23-11-7-4-8-12-23)13-18-28(29)42-21-25-20-37(36-35-25)26-14-16-27(17-15-26)38(39)40/h3-20H,2,21H2,1H3,(H,33,34). The number of aromatic nitrogens is 5. The molecule has 10 heteroatoms. The summed E-state index contributed by atoms with van der Waals surface area (Å²) in [5, 5.41) is 19.2. The van der Waals surface area contributed by atoms with Crippen molar-refractivity contribution in [3.05, 3.63) is 125 Å². The molecule has 2 aromatic heterocycles. The predicted octanol–water partition coefficient (Wildman–Crippen LogP) is 6.88. The Kier molecular flexibility index (Phi) is 7.41. The summed E-state index contributed by atoms with van der Waals surface area (Å²) in [7, 11) is 0. The van der Waals surface area contributed by atoms with E-state index in [0.29, 0.717) is 35.3 Å². The van der Waals surface area contributed by atoms with Crippen LogP contribution in [-0.2, 0) is 6.61 Å². The van der Waals surface area contributed by atoms with Crippen molar-refractivity contribution in [3.63, 3.8) is 0 Å². The van der Waals surface area contributed by atoms with E-state index in [1.165, 1.54) is 12.1 Å². The van der Waals surface area contributed by atoms with E-state index in [0.717, 1.165) is 28.1 Å². The Hall–Kier alpha value is -5.77. The molecule has 0 aliphatic heterocycles. The van der Waals surface area contributed by atoms with Crippen molar-refractivity contribution >= 4 is 5.69 Å². The van der Waals surface area contributed by atoms with E-state index < -0.39 is 4.92 Å². The molecule has 1 N–H and O–H groups in total. The van der Waals surface area contributed by atoms with Crippen molar-refractivity contribution < 1.29 is 14.4 Å². The van der Waals surface area contributed by atoms with Gasteiger partial charge in [-0.3, -0.25) is 10.1 Å². The van der Waals surface area contributed by atoms with E-state index in [4.69, 9.17) is 14.5 Å². The average Bonchev–Trinajstić information content (AvgIpc) is 3.70. The van der Waals surface area contributed by atoms with Crippen LogP contribution in [0.4, 0.5) is 5.69 Å². The minimum atomic E-state index is -0.443. The minimum Gasteiger partial charge on any atom is -0.490 e. The molecule has 208 valence electrons. The monoisotopic (exact) mass is 558 g/mol. The van der Waals surface area contributed by atoms with E-state index >= 15 is 0 Å². The van der Waals surface area contributed by atoms with Crippen LogP contribution in [0.5, 0.6) is 11.5 Å². The molecule has 0 bridgehead atoms. The van der Waals surface area contributed by atoms with E-state index in [1.807, 2.05) is 73.7 Å². The van der Waals surface area contributed by atoms with Gasteiger partial charge in [-0.25, -0.2) is 9.67 Å². The highest BCUT2D eigenvalue weighted by Crippen LogP contribution is 2.36. The van der Waals surface area contributed by atoms with Gasteiger partial charge in [-0.2, -0.15) is 0 Å². The Labute approximate surface area is 241 Å². The molecule has 2 heterocycles. The first-order valence-corrected chi connectivity index (χ1v) is 13.4. The first kappa shape index (κ1) is 26.5. The number of nitro benzene ring substituents is 1. The van der Waals surface area contributed by atoms with Crippen LogP contribution < -0.4 is 9.47 Å². The zero-order valence-electron chi connectivity index (χ0n) is 22.7. The molecule has 0 atom stereocenters. The van der Waals surface area contributed by atoms with Crippen LogP contribution in [-0.4, -0.2) is 36.5 Å². The Balaban J connectivity index is 1.25. The summed E-state index contributed by atoms with van der Waals surface area (Å²) in [5.74, 6) is 1.85. The number of imidazole rings is 1. The Morgan fingerprint density at radius 1 is 0.833 bits per heavy atom. The third-order valence-corrected chi connectivity index (χ3v) is 6.57. The van der Waals surface area contributed by atoms with Crippen molar-refractivity contribution in [1.29, 1.82) is 0 Å². The van der Waals surface area contributed by atoms with E-state index in [2.05, 4.69) is 27.4 Å². The van der Waals surface area contributed by atoms with Crippen LogP contribution in [0, 0.1) is 10.1 Å². The van der Waals surface area contributed by atoms with Gasteiger partial charge in [0.15, 0.2) is 11.5 Å². The highest BCUT2D eigenvalue weighted by molar-refractivity contribution is 5.81. The molecule has 0 amide bonds. The third-order valence-electron chi connectivity index (χ3n) is 6.57. The largest absolute Gasteiger partial charge is 0.490 e. The highest BCUT2D eigenvalue weighted by atomic mass is 16.6. The van der Waals surface area contributed by atoms with Crippen LogP contribution in [0.3, 0.4) is 0 Å². The van der Waals surface area contributed by atoms with Crippen molar-refractivity contribution in [1.82, 2.24) is 25.0 Å². The fraction of sp³-hybridized carbons (Fsp3) is 0.0938. The van der Waals surface area contributed by atoms with Gasteiger partial charge in [-0.1, -0.05) is 65.9 Å². The second-order valence-corrected chi connectivity index (χ2v) is 9.35. The van der Waals surface area contributed by atoms with Gasteiger partial charge in [-0.15, -0.1) is 5.10 Å². The van der Waals surface area contributed by atoms with Gasteiger partial charge in [-0.05, 0) is 37.3 Å². The minimum absolute atomic E-state index is 0.0106. The molecule has 0 aliphatic rings. The molecule has 10 nitrogen and oxygen atoms in total. The summed E-state index contributed by atoms with van der Waals surface area (Å²) in [6.07, 6.45) is 1.72. The first-order chi connectivity index (χ1) is 20.6. The van der Waals surface area contributed by atoms with E-state index in [-0.39, 0.29) is 12.3 Å². The number of nitrogens with zero attached hydrogens (tertiary/aromatic N) is 5. The molecule has 0 aliphatic carbocycles. The van der Waals surface area contributed by atoms with Gasteiger partial charge in [0, 0.05) is 28.8 Å². The maximum Gasteiger partial charge on any atom is 0.269 e. The number of nitrogens with one attached hydrogen (secondary N) is 1. The lowest BCUT2D eigenvalue weighted by Gasteiger charge is -2.12. The summed E-state index contributed by atoms with van der Waals surface area (Å²) in [4.78, 5) is 19.0. The Morgan fingerprint density at radius 2 is 1.55 bits per heavy atom. The van der Waals surface area contributed by atoms with Crippen LogP contribution in [0.1, 0.15) is 12.6 Å². The van der Waals surface area contributed by atoms with Crippen LogP contribution in [0.15, 0.2) is 109 Å². The number of non-ortho nitro benzene ring substituents is 1. The van der Waals surface area contributed by atoms with Gasteiger partial charge in [0.2, 0.25) is 0 Å². The summed E-state index contributed by atoms with van der Waals surface area (Å²) >= 11 is 0. The lowest BCUT2D eigenvalue weighted by molar-refractivity contribution is -0.384. The topological polar surface area (TPSA) is 121 Å². The van der Waals surface area contributed by atoms with Gasteiger partial charge in [0.1, 0.15) is 18.1 Å². The second kappa shape index (κ2) is 11.8. The summed E-state index contributed by atoms with van der Waals surface area (Å²) in [6, 6.07) is 32.0. The SMILES string of the molecule is CCOc1cc(-c2nc(-c3ccccc3)c(-c3ccccc3)[nH]2)ccc1OCc1cn(-c2ccc([N+](=O)[O-])cc2)nn1. The second-order valence-electron chi connectivity index (χ2n) is 9.35. The van der Waals surface area contributed by atoms with Gasteiger partial charge < -0.3 is 14.5 Å². The van der Waals surface area contributed by atoms with Crippen molar-refractivity contribution in [2.24, 2.45) is 0 Å². The van der Waals surface area contributed by atoms with Crippen LogP contribution in [0.2, 0.25) is 0 Å². The molecule has 0 spiro atoms. The Morgan fingerprint density at radius 3 is 2.24 bits per heavy atom. The van der Waals surface area contributed by atoms with Crippen LogP contribution >= 0.6 is 0 Å². The fourth-order valence-electron chi connectivity index (χ4n) is 4.54. The zero-order valence-corrected chi connectivity index (χ0v) is 22.7. The number of benzene rings is 4. The molecule has 0 saturated carbocycles. The zero-order chi connectivity index (χ0) is 28.9. The normalized spacial score (nSPS) is 10.9. The number of H-pyrrole nitrogens is 1. The molecule has 6 aromatic rings. The number of aromatic amines is 1. The molecule has 0 fully saturated rings. The van der Waals surface area contributed by atoms with Crippen LogP contribution in [0.25, 0.3) is 39.6 Å². The molecule has 6 rings (SSSR count). The number of hydrogen-bond acceptors (Lipinski definition) is 7. The lowest BCUT2D eigenvalue weighted by Crippen LogP contribution is -2.00. The van der Waals surface area contributed by atoms with Gasteiger partial charge >= 0.3 is 0 Å². The number of hydrogen-bond donors (Lipinski definition) is 1. The summed E-state index contributed by atoms with van der Waals surface area (Å²) < 4.78 is 13.6. The Bertz CT molecular complexity index is 1760.